The average Bonchev–Trinajstić information content (AvgIpc) is 2.67. The lowest BCUT2D eigenvalue weighted by Gasteiger charge is -2.29. The van der Waals surface area contributed by atoms with Crippen LogP contribution in [-0.2, 0) is 16.1 Å². The molecule has 0 radical (unpaired) electrons. The monoisotopic (exact) mass is 400 g/mol. The molecule has 2 amide bonds. The molecular formula is C23H29FN2O3. The van der Waals surface area contributed by atoms with Gasteiger partial charge in [0.15, 0.2) is 6.61 Å². The maximum absolute atomic E-state index is 13.2. The van der Waals surface area contributed by atoms with Crippen molar-refractivity contribution in [2.45, 2.75) is 53.2 Å². The molecule has 6 heteroatoms. The average molecular weight is 400 g/mol. The van der Waals surface area contributed by atoms with E-state index in [-0.39, 0.29) is 36.8 Å². The van der Waals surface area contributed by atoms with Gasteiger partial charge in [-0.05, 0) is 69.5 Å². The van der Waals surface area contributed by atoms with Gasteiger partial charge in [0.1, 0.15) is 17.6 Å². The Morgan fingerprint density at radius 1 is 1.07 bits per heavy atom. The molecule has 2 aromatic carbocycles. The van der Waals surface area contributed by atoms with Gasteiger partial charge in [-0.3, -0.25) is 9.59 Å². The van der Waals surface area contributed by atoms with E-state index in [0.717, 1.165) is 16.7 Å². The predicted molar refractivity (Wildman–Crippen MR) is 111 cm³/mol. The molecule has 29 heavy (non-hydrogen) atoms. The minimum atomic E-state index is -0.697. The zero-order valence-electron chi connectivity index (χ0n) is 17.7. The van der Waals surface area contributed by atoms with Crippen molar-refractivity contribution in [2.24, 2.45) is 0 Å². The lowest BCUT2D eigenvalue weighted by atomic mass is 10.1. The maximum Gasteiger partial charge on any atom is 0.261 e. The second kappa shape index (κ2) is 10.0. The molecular weight excluding hydrogens is 371 g/mol. The number of nitrogens with zero attached hydrogens (tertiary/aromatic N) is 1. The number of nitrogens with one attached hydrogen (secondary N) is 1. The lowest BCUT2D eigenvalue weighted by Crippen LogP contribution is -2.50. The summed E-state index contributed by atoms with van der Waals surface area (Å²) >= 11 is 0. The Balaban J connectivity index is 2.17. The van der Waals surface area contributed by atoms with Crippen LogP contribution in [0, 0.1) is 19.7 Å². The SMILES string of the molecule is Cc1ccc(C)c(OCC(=O)N(Cc2ccc(F)cc2)C(C)C(=O)NC(C)C)c1. The molecule has 0 aliphatic heterocycles. The van der Waals surface area contributed by atoms with Crippen molar-refractivity contribution >= 4 is 11.8 Å². The first-order chi connectivity index (χ1) is 13.7. The standard InChI is InChI=1S/C23H29FN2O3/c1-15(2)25-23(28)18(5)26(13-19-8-10-20(24)11-9-19)22(27)14-29-21-12-16(3)6-7-17(21)4/h6-12,15,18H,13-14H2,1-5H3,(H,25,28). The van der Waals surface area contributed by atoms with Gasteiger partial charge >= 0.3 is 0 Å². The Bertz CT molecular complexity index is 850. The number of ether oxygens (including phenoxy) is 1. The highest BCUT2D eigenvalue weighted by molar-refractivity contribution is 5.88. The molecule has 1 unspecified atom stereocenters. The predicted octanol–water partition coefficient (Wildman–Crippen LogP) is 3.76. The highest BCUT2D eigenvalue weighted by atomic mass is 19.1. The summed E-state index contributed by atoms with van der Waals surface area (Å²) in [6.07, 6.45) is 0. The smallest absolute Gasteiger partial charge is 0.261 e. The van der Waals surface area contributed by atoms with E-state index in [1.807, 2.05) is 45.9 Å². The molecule has 0 heterocycles. The summed E-state index contributed by atoms with van der Waals surface area (Å²) in [5, 5.41) is 2.83. The number of benzene rings is 2. The van der Waals surface area contributed by atoms with Crippen molar-refractivity contribution in [3.8, 4) is 5.75 Å². The van der Waals surface area contributed by atoms with Gasteiger partial charge in [-0.15, -0.1) is 0 Å². The normalized spacial score (nSPS) is 11.8. The van der Waals surface area contributed by atoms with Crippen LogP contribution < -0.4 is 10.1 Å². The highest BCUT2D eigenvalue weighted by Crippen LogP contribution is 2.19. The third-order valence-corrected chi connectivity index (χ3v) is 4.56. The van der Waals surface area contributed by atoms with Gasteiger partial charge in [0.05, 0.1) is 0 Å². The van der Waals surface area contributed by atoms with E-state index in [1.165, 1.54) is 17.0 Å². The summed E-state index contributed by atoms with van der Waals surface area (Å²) in [5.74, 6) is -0.279. The van der Waals surface area contributed by atoms with Gasteiger partial charge < -0.3 is 15.0 Å². The van der Waals surface area contributed by atoms with Crippen molar-refractivity contribution in [1.29, 1.82) is 0 Å². The van der Waals surface area contributed by atoms with Gasteiger partial charge in [0, 0.05) is 12.6 Å². The molecule has 0 saturated carbocycles. The number of amides is 2. The summed E-state index contributed by atoms with van der Waals surface area (Å²) in [6.45, 7) is 9.26. The second-order valence-electron chi connectivity index (χ2n) is 7.54. The first-order valence-electron chi connectivity index (χ1n) is 9.71. The Hall–Kier alpha value is -2.89. The zero-order chi connectivity index (χ0) is 21.6. The largest absolute Gasteiger partial charge is 0.483 e. The van der Waals surface area contributed by atoms with E-state index in [4.69, 9.17) is 4.74 Å². The molecule has 2 rings (SSSR count). The lowest BCUT2D eigenvalue weighted by molar-refractivity contribution is -0.142. The van der Waals surface area contributed by atoms with Crippen LogP contribution >= 0.6 is 0 Å². The fraction of sp³-hybridized carbons (Fsp3) is 0.391. The quantitative estimate of drug-likeness (QED) is 0.734. The van der Waals surface area contributed by atoms with Crippen molar-refractivity contribution in [3.63, 3.8) is 0 Å². The van der Waals surface area contributed by atoms with Gasteiger partial charge in [-0.2, -0.15) is 0 Å². The molecule has 0 aliphatic carbocycles. The maximum atomic E-state index is 13.2. The first kappa shape index (κ1) is 22.4. The van der Waals surface area contributed by atoms with Gasteiger partial charge in [-0.1, -0.05) is 24.3 Å². The fourth-order valence-electron chi connectivity index (χ4n) is 2.86. The van der Waals surface area contributed by atoms with Gasteiger partial charge in [0.25, 0.3) is 5.91 Å². The minimum Gasteiger partial charge on any atom is -0.483 e. The van der Waals surface area contributed by atoms with Crippen molar-refractivity contribution in [2.75, 3.05) is 6.61 Å². The molecule has 1 N–H and O–H groups in total. The summed E-state index contributed by atoms with van der Waals surface area (Å²) in [7, 11) is 0. The van der Waals surface area contributed by atoms with E-state index >= 15 is 0 Å². The second-order valence-corrected chi connectivity index (χ2v) is 7.54. The molecule has 0 bridgehead atoms. The topological polar surface area (TPSA) is 58.6 Å². The Kier molecular flexibility index (Phi) is 7.76. The number of carbonyl (C=O) groups excluding carboxylic acids is 2. The Labute approximate surface area is 171 Å². The van der Waals surface area contributed by atoms with Gasteiger partial charge in [-0.25, -0.2) is 4.39 Å². The third kappa shape index (κ3) is 6.59. The van der Waals surface area contributed by atoms with Crippen LogP contribution in [0.1, 0.15) is 37.5 Å². The number of rotatable bonds is 8. The molecule has 1 atom stereocenters. The zero-order valence-corrected chi connectivity index (χ0v) is 17.7. The van der Waals surface area contributed by atoms with Crippen LogP contribution in [0.3, 0.4) is 0 Å². The van der Waals surface area contributed by atoms with E-state index in [2.05, 4.69) is 5.32 Å². The fourth-order valence-corrected chi connectivity index (χ4v) is 2.86. The van der Waals surface area contributed by atoms with Crippen LogP contribution in [0.2, 0.25) is 0 Å². The minimum absolute atomic E-state index is 0.0427. The van der Waals surface area contributed by atoms with Crippen molar-refractivity contribution < 1.29 is 18.7 Å². The Morgan fingerprint density at radius 2 is 1.72 bits per heavy atom. The number of halogens is 1. The van der Waals surface area contributed by atoms with E-state index in [9.17, 15) is 14.0 Å². The van der Waals surface area contributed by atoms with Crippen LogP contribution in [0.4, 0.5) is 4.39 Å². The molecule has 2 aromatic rings. The molecule has 0 aliphatic rings. The molecule has 0 spiro atoms. The third-order valence-electron chi connectivity index (χ3n) is 4.56. The van der Waals surface area contributed by atoms with Crippen LogP contribution in [-0.4, -0.2) is 35.4 Å². The number of aryl methyl sites for hydroxylation is 2. The first-order valence-corrected chi connectivity index (χ1v) is 9.71. The summed E-state index contributed by atoms with van der Waals surface area (Å²) in [6, 6.07) is 10.9. The number of carbonyl (C=O) groups is 2. The number of hydrogen-bond donors (Lipinski definition) is 1. The van der Waals surface area contributed by atoms with Crippen LogP contribution in [0.25, 0.3) is 0 Å². The number of hydrogen-bond acceptors (Lipinski definition) is 3. The van der Waals surface area contributed by atoms with E-state index < -0.39 is 6.04 Å². The molecule has 0 saturated heterocycles. The van der Waals surface area contributed by atoms with Crippen molar-refractivity contribution in [3.05, 3.63) is 65.0 Å². The van der Waals surface area contributed by atoms with Crippen LogP contribution in [0.5, 0.6) is 5.75 Å². The molecule has 0 fully saturated rings. The molecule has 0 aromatic heterocycles. The summed E-state index contributed by atoms with van der Waals surface area (Å²) < 4.78 is 19.0. The summed E-state index contributed by atoms with van der Waals surface area (Å²) in [5.41, 5.74) is 2.70. The van der Waals surface area contributed by atoms with Crippen LogP contribution in [0.15, 0.2) is 42.5 Å². The van der Waals surface area contributed by atoms with E-state index in [0.29, 0.717) is 5.75 Å². The van der Waals surface area contributed by atoms with Gasteiger partial charge in [0.2, 0.25) is 5.91 Å². The molecule has 156 valence electrons. The molecule has 5 nitrogen and oxygen atoms in total. The van der Waals surface area contributed by atoms with Crippen molar-refractivity contribution in [1.82, 2.24) is 10.2 Å². The Morgan fingerprint density at radius 3 is 2.34 bits per heavy atom. The summed E-state index contributed by atoms with van der Waals surface area (Å²) in [4.78, 5) is 26.9. The van der Waals surface area contributed by atoms with E-state index in [1.54, 1.807) is 19.1 Å². The highest BCUT2D eigenvalue weighted by Gasteiger charge is 2.27.